The maximum Gasteiger partial charge on any atom is 0.320 e. The van der Waals surface area contributed by atoms with Crippen molar-refractivity contribution in [3.8, 4) is 0 Å². The molecule has 2 saturated heterocycles. The Bertz CT molecular complexity index is 307. The minimum atomic E-state index is -0.0304. The van der Waals surface area contributed by atoms with Gasteiger partial charge in [0, 0.05) is 39.3 Å². The molecule has 0 aromatic heterocycles. The Hall–Kier alpha value is -0.810. The van der Waals surface area contributed by atoms with Gasteiger partial charge in [0.05, 0.1) is 6.04 Å². The highest BCUT2D eigenvalue weighted by Crippen LogP contribution is 2.23. The van der Waals surface area contributed by atoms with Crippen LogP contribution in [-0.2, 0) is 0 Å². The molecule has 0 aromatic carbocycles. The Morgan fingerprint density at radius 1 is 1.50 bits per heavy atom. The van der Waals surface area contributed by atoms with E-state index in [0.29, 0.717) is 6.04 Å². The number of hydrogen-bond donors (Lipinski definition) is 2. The molecule has 0 spiro atoms. The van der Waals surface area contributed by atoms with Gasteiger partial charge in [-0.15, -0.1) is 0 Å². The number of aliphatic hydroxyl groups is 1. The molecule has 5 nitrogen and oxygen atoms in total. The molecule has 0 radical (unpaired) electrons. The highest BCUT2D eigenvalue weighted by Gasteiger charge is 2.37. The number of nitrogens with one attached hydrogen (secondary N) is 1. The van der Waals surface area contributed by atoms with Crippen LogP contribution < -0.4 is 5.32 Å². The van der Waals surface area contributed by atoms with Crippen molar-refractivity contribution in [1.29, 1.82) is 0 Å². The topological polar surface area (TPSA) is 55.8 Å². The van der Waals surface area contributed by atoms with Crippen LogP contribution in [-0.4, -0.2) is 66.3 Å². The fourth-order valence-electron chi connectivity index (χ4n) is 2.70. The minimum Gasteiger partial charge on any atom is -0.396 e. The summed E-state index contributed by atoms with van der Waals surface area (Å²) in [6.45, 7) is 8.67. The van der Waals surface area contributed by atoms with E-state index in [9.17, 15) is 9.90 Å². The van der Waals surface area contributed by atoms with Crippen LogP contribution in [0.15, 0.2) is 0 Å². The maximum absolute atomic E-state index is 12.1. The lowest BCUT2D eigenvalue weighted by Gasteiger charge is -2.28. The molecule has 0 aromatic rings. The Kier molecular flexibility index (Phi) is 4.12. The van der Waals surface area contributed by atoms with Gasteiger partial charge in [0.15, 0.2) is 0 Å². The van der Waals surface area contributed by atoms with Crippen LogP contribution in [0.1, 0.15) is 26.7 Å². The predicted octanol–water partition coefficient (Wildman–Crippen LogP) is 0.495. The Balaban J connectivity index is 1.79. The van der Waals surface area contributed by atoms with Crippen molar-refractivity contribution in [2.45, 2.75) is 32.7 Å². The van der Waals surface area contributed by atoms with Crippen LogP contribution in [0.4, 0.5) is 4.79 Å². The van der Waals surface area contributed by atoms with Crippen LogP contribution in [0.5, 0.6) is 0 Å². The van der Waals surface area contributed by atoms with Crippen molar-refractivity contribution < 1.29 is 9.90 Å². The second-order valence-electron chi connectivity index (χ2n) is 6.21. The number of piperazine rings is 1. The van der Waals surface area contributed by atoms with E-state index in [0.717, 1.165) is 45.6 Å². The van der Waals surface area contributed by atoms with Crippen LogP contribution in [0, 0.1) is 5.41 Å². The van der Waals surface area contributed by atoms with Crippen molar-refractivity contribution in [3.63, 3.8) is 0 Å². The number of nitrogens with zero attached hydrogens (tertiary/aromatic N) is 2. The number of carbonyl (C=O) groups is 1. The molecular weight excluding hydrogens is 230 g/mol. The number of amides is 2. The first-order chi connectivity index (χ1) is 8.53. The summed E-state index contributed by atoms with van der Waals surface area (Å²) in [6, 6.07) is 0.556. The molecule has 2 N–H and O–H groups in total. The summed E-state index contributed by atoms with van der Waals surface area (Å²) in [6.07, 6.45) is 1.92. The molecule has 2 rings (SSSR count). The summed E-state index contributed by atoms with van der Waals surface area (Å²) >= 11 is 0. The average Bonchev–Trinajstić information content (AvgIpc) is 2.67. The van der Waals surface area contributed by atoms with Crippen LogP contribution in [0.3, 0.4) is 0 Å². The fraction of sp³-hybridized carbons (Fsp3) is 0.923. The van der Waals surface area contributed by atoms with Gasteiger partial charge in [-0.3, -0.25) is 0 Å². The Morgan fingerprint density at radius 3 is 2.94 bits per heavy atom. The average molecular weight is 255 g/mol. The second-order valence-corrected chi connectivity index (χ2v) is 6.21. The van der Waals surface area contributed by atoms with Gasteiger partial charge in [-0.2, -0.15) is 0 Å². The predicted molar refractivity (Wildman–Crippen MR) is 70.4 cm³/mol. The van der Waals surface area contributed by atoms with Crippen molar-refractivity contribution in [2.75, 3.05) is 39.3 Å². The molecule has 0 aliphatic carbocycles. The van der Waals surface area contributed by atoms with E-state index >= 15 is 0 Å². The summed E-state index contributed by atoms with van der Waals surface area (Å²) in [4.78, 5) is 16.1. The van der Waals surface area contributed by atoms with E-state index in [1.54, 1.807) is 0 Å². The third-order valence-electron chi connectivity index (χ3n) is 4.01. The third-order valence-corrected chi connectivity index (χ3v) is 4.01. The van der Waals surface area contributed by atoms with Gasteiger partial charge in [0.25, 0.3) is 0 Å². The van der Waals surface area contributed by atoms with Gasteiger partial charge in [-0.05, 0) is 18.3 Å². The lowest BCUT2D eigenvalue weighted by molar-refractivity contribution is 0.143. The number of carbonyl (C=O) groups excluding carboxylic acids is 1. The number of aliphatic hydroxyl groups excluding tert-OH is 1. The molecule has 5 heteroatoms. The van der Waals surface area contributed by atoms with Gasteiger partial charge < -0.3 is 20.2 Å². The fourth-order valence-corrected chi connectivity index (χ4v) is 2.70. The molecule has 104 valence electrons. The third kappa shape index (κ3) is 2.95. The Labute approximate surface area is 109 Å². The summed E-state index contributed by atoms with van der Waals surface area (Å²) < 4.78 is 0. The van der Waals surface area contributed by atoms with Gasteiger partial charge >= 0.3 is 6.03 Å². The molecule has 18 heavy (non-hydrogen) atoms. The van der Waals surface area contributed by atoms with Crippen molar-refractivity contribution in [3.05, 3.63) is 0 Å². The van der Waals surface area contributed by atoms with Crippen molar-refractivity contribution in [2.24, 2.45) is 5.41 Å². The summed E-state index contributed by atoms with van der Waals surface area (Å²) in [5, 5.41) is 12.5. The summed E-state index contributed by atoms with van der Waals surface area (Å²) in [5.41, 5.74) is -0.0304. The first-order valence-corrected chi connectivity index (χ1v) is 6.91. The monoisotopic (exact) mass is 255 g/mol. The molecule has 2 fully saturated rings. The first kappa shape index (κ1) is 13.6. The minimum absolute atomic E-state index is 0.0304. The number of hydrogen-bond acceptors (Lipinski definition) is 3. The lowest BCUT2D eigenvalue weighted by Crippen LogP contribution is -2.49. The van der Waals surface area contributed by atoms with Crippen molar-refractivity contribution >= 4 is 6.03 Å². The molecular formula is C13H25N3O2. The van der Waals surface area contributed by atoms with E-state index in [-0.39, 0.29) is 18.1 Å². The maximum atomic E-state index is 12.1. The van der Waals surface area contributed by atoms with Crippen LogP contribution >= 0.6 is 0 Å². The zero-order valence-electron chi connectivity index (χ0n) is 11.5. The lowest BCUT2D eigenvalue weighted by atomic mass is 9.89. The molecule has 2 amide bonds. The van der Waals surface area contributed by atoms with E-state index in [1.807, 2.05) is 9.80 Å². The number of rotatable bonds is 5. The quantitative estimate of drug-likeness (QED) is 0.752. The second kappa shape index (κ2) is 5.45. The molecule has 0 unspecified atom stereocenters. The summed E-state index contributed by atoms with van der Waals surface area (Å²) in [5.74, 6) is 0. The van der Waals surface area contributed by atoms with Gasteiger partial charge in [-0.25, -0.2) is 4.79 Å². The number of urea groups is 1. The van der Waals surface area contributed by atoms with E-state index in [1.165, 1.54) is 0 Å². The molecule has 0 saturated carbocycles. The van der Waals surface area contributed by atoms with Crippen molar-refractivity contribution in [1.82, 2.24) is 15.1 Å². The Morgan fingerprint density at radius 2 is 2.28 bits per heavy atom. The van der Waals surface area contributed by atoms with E-state index < -0.39 is 0 Å². The zero-order chi connectivity index (χ0) is 13.2. The standard InChI is InChI=1S/C13H25N3O2/c1-13(2,10-17)4-3-6-15-9-11-8-14-5-7-16(11)12(15)18/h11,14,17H,3-10H2,1-2H3/t11-/m1/s1. The molecule has 0 bridgehead atoms. The van der Waals surface area contributed by atoms with Gasteiger partial charge in [0.2, 0.25) is 0 Å². The first-order valence-electron chi connectivity index (χ1n) is 6.91. The summed E-state index contributed by atoms with van der Waals surface area (Å²) in [7, 11) is 0. The zero-order valence-corrected chi connectivity index (χ0v) is 11.5. The van der Waals surface area contributed by atoms with E-state index in [4.69, 9.17) is 0 Å². The molecule has 2 aliphatic rings. The number of fused-ring (bicyclic) bond motifs is 1. The highest BCUT2D eigenvalue weighted by molar-refractivity contribution is 5.77. The van der Waals surface area contributed by atoms with Gasteiger partial charge in [-0.1, -0.05) is 13.8 Å². The molecule has 2 aliphatic heterocycles. The smallest absolute Gasteiger partial charge is 0.320 e. The van der Waals surface area contributed by atoms with Crippen LogP contribution in [0.25, 0.3) is 0 Å². The SMILES string of the molecule is CC(C)(CO)CCCN1C[C@H]2CNCCN2C1=O. The normalized spacial score (nSPS) is 24.6. The molecule has 2 heterocycles. The largest absolute Gasteiger partial charge is 0.396 e. The highest BCUT2D eigenvalue weighted by atomic mass is 16.3. The van der Waals surface area contributed by atoms with E-state index in [2.05, 4.69) is 19.2 Å². The van der Waals surface area contributed by atoms with Gasteiger partial charge in [0.1, 0.15) is 0 Å². The van der Waals surface area contributed by atoms with Crippen LogP contribution in [0.2, 0.25) is 0 Å². The molecule has 1 atom stereocenters.